The minimum Gasteiger partial charge on any atom is -0.394 e. The van der Waals surface area contributed by atoms with E-state index in [0.29, 0.717) is 5.75 Å². The van der Waals surface area contributed by atoms with Crippen LogP contribution < -0.4 is 4.90 Å². The lowest BCUT2D eigenvalue weighted by Gasteiger charge is -2.04. The fraction of sp³-hybridized carbons (Fsp3) is 0.714. The third kappa shape index (κ3) is 3.41. The number of hydrogen-bond acceptors (Lipinski definition) is 7. The van der Waals surface area contributed by atoms with E-state index in [-0.39, 0.29) is 6.61 Å². The molecule has 1 aromatic heterocycles. The van der Waals surface area contributed by atoms with Crippen LogP contribution in [0.5, 0.6) is 0 Å². The first-order valence-corrected chi connectivity index (χ1v) is 5.86. The largest absolute Gasteiger partial charge is 0.394 e. The molecule has 1 unspecified atom stereocenters. The topological polar surface area (TPSA) is 69.5 Å². The Morgan fingerprint density at radius 3 is 2.71 bits per heavy atom. The van der Waals surface area contributed by atoms with E-state index in [1.807, 2.05) is 19.0 Å². The second kappa shape index (κ2) is 5.50. The summed E-state index contributed by atoms with van der Waals surface area (Å²) in [6, 6.07) is 0. The normalized spacial score (nSPS) is 12.9. The van der Waals surface area contributed by atoms with Gasteiger partial charge in [0.05, 0.1) is 12.7 Å². The number of hydrogen-bond donors (Lipinski definition) is 2. The molecule has 1 rings (SSSR count). The van der Waals surface area contributed by atoms with Crippen LogP contribution in [0.25, 0.3) is 0 Å². The van der Waals surface area contributed by atoms with Crippen molar-refractivity contribution in [2.75, 3.05) is 31.4 Å². The van der Waals surface area contributed by atoms with Crippen molar-refractivity contribution in [1.82, 2.24) is 10.2 Å². The third-order valence-corrected chi connectivity index (χ3v) is 3.76. The van der Waals surface area contributed by atoms with Crippen molar-refractivity contribution in [3.63, 3.8) is 0 Å². The Hall–Kier alpha value is -0.370. The van der Waals surface area contributed by atoms with Crippen LogP contribution in [0.2, 0.25) is 0 Å². The number of rotatable bonds is 5. The van der Waals surface area contributed by atoms with Gasteiger partial charge in [-0.2, -0.15) is 0 Å². The quantitative estimate of drug-likeness (QED) is 0.703. The Balaban J connectivity index is 2.44. The Bertz CT molecular complexity index is 280. The Labute approximate surface area is 90.8 Å². The molecule has 1 aromatic rings. The van der Waals surface area contributed by atoms with E-state index in [2.05, 4.69) is 10.2 Å². The molecule has 5 nitrogen and oxygen atoms in total. The predicted octanol–water partition coefficient (Wildman–Crippen LogP) is 0.0494. The van der Waals surface area contributed by atoms with Crippen LogP contribution in [0, 0.1) is 0 Å². The molecule has 0 aliphatic carbocycles. The monoisotopic (exact) mass is 235 g/mol. The van der Waals surface area contributed by atoms with Crippen LogP contribution in [0.4, 0.5) is 5.13 Å². The number of thioether (sulfide) groups is 1. The second-order valence-corrected chi connectivity index (χ2v) is 5.12. The fourth-order valence-corrected chi connectivity index (χ4v) is 2.37. The average Bonchev–Trinajstić information content (AvgIpc) is 2.62. The Morgan fingerprint density at radius 2 is 2.21 bits per heavy atom. The van der Waals surface area contributed by atoms with Crippen LogP contribution in [0.15, 0.2) is 4.34 Å². The van der Waals surface area contributed by atoms with Gasteiger partial charge in [-0.25, -0.2) is 0 Å². The molecule has 1 heterocycles. The zero-order valence-electron chi connectivity index (χ0n) is 8.04. The molecule has 7 heteroatoms. The molecule has 0 aromatic carbocycles. The maximum Gasteiger partial charge on any atom is 0.208 e. The summed E-state index contributed by atoms with van der Waals surface area (Å²) in [4.78, 5) is 1.88. The van der Waals surface area contributed by atoms with E-state index >= 15 is 0 Å². The summed E-state index contributed by atoms with van der Waals surface area (Å²) in [7, 11) is 3.80. The summed E-state index contributed by atoms with van der Waals surface area (Å²) >= 11 is 2.87. The van der Waals surface area contributed by atoms with Gasteiger partial charge >= 0.3 is 0 Å². The Morgan fingerprint density at radius 1 is 1.50 bits per heavy atom. The van der Waals surface area contributed by atoms with E-state index in [4.69, 9.17) is 10.2 Å². The van der Waals surface area contributed by atoms with E-state index in [1.54, 1.807) is 0 Å². The molecule has 2 N–H and O–H groups in total. The van der Waals surface area contributed by atoms with Gasteiger partial charge in [0.25, 0.3) is 0 Å². The van der Waals surface area contributed by atoms with Gasteiger partial charge in [0.2, 0.25) is 5.13 Å². The van der Waals surface area contributed by atoms with Gasteiger partial charge in [-0.05, 0) is 0 Å². The first kappa shape index (κ1) is 11.7. The number of aliphatic hydroxyl groups is 2. The van der Waals surface area contributed by atoms with Gasteiger partial charge in [0.15, 0.2) is 4.34 Å². The van der Waals surface area contributed by atoms with E-state index in [0.717, 1.165) is 9.47 Å². The predicted molar refractivity (Wildman–Crippen MR) is 58.1 cm³/mol. The highest BCUT2D eigenvalue weighted by atomic mass is 32.2. The Kier molecular flexibility index (Phi) is 4.59. The molecule has 0 saturated heterocycles. The van der Waals surface area contributed by atoms with Crippen LogP contribution in [-0.2, 0) is 0 Å². The molecule has 80 valence electrons. The molecule has 0 bridgehead atoms. The van der Waals surface area contributed by atoms with Gasteiger partial charge in [-0.3, -0.25) is 0 Å². The van der Waals surface area contributed by atoms with Crippen molar-refractivity contribution < 1.29 is 10.2 Å². The van der Waals surface area contributed by atoms with Crippen molar-refractivity contribution in [2.24, 2.45) is 0 Å². The van der Waals surface area contributed by atoms with Gasteiger partial charge in [0.1, 0.15) is 0 Å². The highest BCUT2D eigenvalue weighted by Gasteiger charge is 2.08. The SMILES string of the molecule is CN(C)c1nnc(SCC(O)CO)s1. The van der Waals surface area contributed by atoms with Crippen molar-refractivity contribution in [3.8, 4) is 0 Å². The maximum absolute atomic E-state index is 9.11. The van der Waals surface area contributed by atoms with E-state index in [1.165, 1.54) is 23.1 Å². The smallest absolute Gasteiger partial charge is 0.208 e. The summed E-state index contributed by atoms with van der Waals surface area (Å²) in [5, 5.41) is 26.4. The average molecular weight is 235 g/mol. The highest BCUT2D eigenvalue weighted by Crippen LogP contribution is 2.26. The summed E-state index contributed by atoms with van der Waals surface area (Å²) in [6.07, 6.45) is -0.688. The van der Waals surface area contributed by atoms with E-state index < -0.39 is 6.10 Å². The maximum atomic E-state index is 9.11. The number of aliphatic hydroxyl groups excluding tert-OH is 2. The van der Waals surface area contributed by atoms with Crippen LogP contribution in [-0.4, -0.2) is 53.0 Å². The molecule has 0 radical (unpaired) electrons. The van der Waals surface area contributed by atoms with Crippen molar-refractivity contribution in [2.45, 2.75) is 10.4 Å². The number of aromatic nitrogens is 2. The zero-order valence-corrected chi connectivity index (χ0v) is 9.68. The molecule has 14 heavy (non-hydrogen) atoms. The third-order valence-electron chi connectivity index (χ3n) is 1.39. The molecule has 0 saturated carbocycles. The number of anilines is 1. The lowest BCUT2D eigenvalue weighted by molar-refractivity contribution is 0.113. The fourth-order valence-electron chi connectivity index (χ4n) is 0.662. The molecular formula is C7H13N3O2S2. The number of nitrogens with zero attached hydrogens (tertiary/aromatic N) is 3. The summed E-state index contributed by atoms with van der Waals surface area (Å²) in [6.45, 7) is -0.216. The van der Waals surface area contributed by atoms with Gasteiger partial charge in [0, 0.05) is 19.8 Å². The van der Waals surface area contributed by atoms with E-state index in [9.17, 15) is 0 Å². The van der Waals surface area contributed by atoms with Crippen molar-refractivity contribution in [1.29, 1.82) is 0 Å². The molecule has 0 aliphatic heterocycles. The molecular weight excluding hydrogens is 222 g/mol. The lowest BCUT2D eigenvalue weighted by atomic mass is 10.4. The van der Waals surface area contributed by atoms with Crippen LogP contribution in [0.3, 0.4) is 0 Å². The minimum atomic E-state index is -0.688. The van der Waals surface area contributed by atoms with Gasteiger partial charge < -0.3 is 15.1 Å². The lowest BCUT2D eigenvalue weighted by Crippen LogP contribution is -2.14. The summed E-state index contributed by atoms with van der Waals surface area (Å²) in [5.74, 6) is 0.443. The summed E-state index contributed by atoms with van der Waals surface area (Å²) in [5.41, 5.74) is 0. The minimum absolute atomic E-state index is 0.216. The van der Waals surface area contributed by atoms with Crippen molar-refractivity contribution in [3.05, 3.63) is 0 Å². The standard InChI is InChI=1S/C7H13N3O2S2/c1-10(2)6-8-9-7(14-6)13-4-5(12)3-11/h5,11-12H,3-4H2,1-2H3. The molecule has 0 fully saturated rings. The highest BCUT2D eigenvalue weighted by molar-refractivity contribution is 8.01. The molecule has 0 spiro atoms. The first-order valence-electron chi connectivity index (χ1n) is 4.06. The summed E-state index contributed by atoms with van der Waals surface area (Å²) < 4.78 is 0.807. The van der Waals surface area contributed by atoms with Crippen molar-refractivity contribution >= 4 is 28.2 Å². The molecule has 0 amide bonds. The first-order chi connectivity index (χ1) is 6.63. The van der Waals surface area contributed by atoms with Gasteiger partial charge in [-0.1, -0.05) is 23.1 Å². The zero-order chi connectivity index (χ0) is 10.6. The van der Waals surface area contributed by atoms with Gasteiger partial charge in [-0.15, -0.1) is 10.2 Å². The molecule has 1 atom stereocenters. The second-order valence-electron chi connectivity index (χ2n) is 2.89. The van der Waals surface area contributed by atoms with Crippen LogP contribution in [0.1, 0.15) is 0 Å². The molecule has 0 aliphatic rings. The van der Waals surface area contributed by atoms with Crippen LogP contribution >= 0.6 is 23.1 Å².